The lowest BCUT2D eigenvalue weighted by Crippen LogP contribution is -2.17. The highest BCUT2D eigenvalue weighted by Crippen LogP contribution is 2.17. The lowest BCUT2D eigenvalue weighted by atomic mass is 9.97. The number of hydrogen-bond acceptors (Lipinski definition) is 1. The summed E-state index contributed by atoms with van der Waals surface area (Å²) in [6.45, 7) is 10.5. The Bertz CT molecular complexity index is 186. The molecule has 0 saturated carbocycles. The van der Waals surface area contributed by atoms with Crippen molar-refractivity contribution in [2.45, 2.75) is 72.3 Å². The fraction of sp³-hybridized carbons (Fsp3) is 0.857. The highest BCUT2D eigenvalue weighted by molar-refractivity contribution is 4.98. The predicted molar refractivity (Wildman–Crippen MR) is 68.0 cm³/mol. The first-order valence-electron chi connectivity index (χ1n) is 6.23. The molecule has 0 aliphatic carbocycles. The highest BCUT2D eigenvalue weighted by Gasteiger charge is 2.11. The molecule has 1 unspecified atom stereocenters. The third-order valence-corrected chi connectivity index (χ3v) is 2.93. The first kappa shape index (κ1) is 14.7. The van der Waals surface area contributed by atoms with Crippen molar-refractivity contribution in [3.8, 4) is 0 Å². The van der Waals surface area contributed by atoms with Crippen LogP contribution in [0.1, 0.15) is 66.7 Å². The van der Waals surface area contributed by atoms with Crippen molar-refractivity contribution < 1.29 is 5.11 Å². The van der Waals surface area contributed by atoms with Gasteiger partial charge in [0.1, 0.15) is 0 Å². The lowest BCUT2D eigenvalue weighted by Gasteiger charge is -2.16. The predicted octanol–water partition coefficient (Wildman–Crippen LogP) is 4.31. The topological polar surface area (TPSA) is 20.2 Å². The van der Waals surface area contributed by atoms with E-state index in [2.05, 4.69) is 26.8 Å². The van der Waals surface area contributed by atoms with Gasteiger partial charge in [-0.1, -0.05) is 31.9 Å². The molecule has 0 saturated heterocycles. The summed E-state index contributed by atoms with van der Waals surface area (Å²) >= 11 is 0. The highest BCUT2D eigenvalue weighted by atomic mass is 16.3. The molecule has 0 aromatic carbocycles. The molecule has 0 rings (SSSR count). The van der Waals surface area contributed by atoms with E-state index >= 15 is 0 Å². The van der Waals surface area contributed by atoms with Gasteiger partial charge >= 0.3 is 0 Å². The molecular weight excluding hydrogens is 184 g/mol. The molecule has 1 nitrogen and oxygen atoms in total. The molecule has 0 radical (unpaired) electrons. The lowest BCUT2D eigenvalue weighted by molar-refractivity contribution is 0.0689. The van der Waals surface area contributed by atoms with E-state index in [9.17, 15) is 5.11 Å². The minimum absolute atomic E-state index is 0.503. The van der Waals surface area contributed by atoms with Gasteiger partial charge in [-0.05, 0) is 52.4 Å². The first-order valence-corrected chi connectivity index (χ1v) is 6.23. The largest absolute Gasteiger partial charge is 0.390 e. The fourth-order valence-electron chi connectivity index (χ4n) is 1.47. The Morgan fingerprint density at radius 2 is 2.00 bits per heavy atom. The van der Waals surface area contributed by atoms with Crippen LogP contribution in [0.2, 0.25) is 0 Å². The third-order valence-electron chi connectivity index (χ3n) is 2.93. The minimum atomic E-state index is -0.503. The van der Waals surface area contributed by atoms with Crippen LogP contribution >= 0.6 is 0 Å². The maximum absolute atomic E-state index is 9.57. The van der Waals surface area contributed by atoms with Crippen molar-refractivity contribution in [2.75, 3.05) is 0 Å². The molecule has 1 heteroatoms. The smallest absolute Gasteiger partial charge is 0.0591 e. The summed E-state index contributed by atoms with van der Waals surface area (Å²) in [5.41, 5.74) is 0.969. The summed E-state index contributed by atoms with van der Waals surface area (Å²) in [5, 5.41) is 9.57. The number of hydrogen-bond donors (Lipinski definition) is 1. The summed E-state index contributed by atoms with van der Waals surface area (Å²) in [7, 11) is 0. The second-order valence-electron chi connectivity index (χ2n) is 5.47. The molecule has 0 spiro atoms. The molecule has 1 atom stereocenters. The Kier molecular flexibility index (Phi) is 6.91. The Morgan fingerprint density at radius 3 is 2.47 bits per heavy atom. The second-order valence-corrected chi connectivity index (χ2v) is 5.47. The van der Waals surface area contributed by atoms with Gasteiger partial charge in [-0.15, -0.1) is 0 Å². The summed E-state index contributed by atoms with van der Waals surface area (Å²) in [6, 6.07) is 0. The van der Waals surface area contributed by atoms with Crippen molar-refractivity contribution in [3.05, 3.63) is 11.6 Å². The minimum Gasteiger partial charge on any atom is -0.390 e. The maximum Gasteiger partial charge on any atom is 0.0591 e. The quantitative estimate of drug-likeness (QED) is 0.623. The zero-order chi connectivity index (χ0) is 11.9. The van der Waals surface area contributed by atoms with E-state index in [-0.39, 0.29) is 0 Å². The third kappa shape index (κ3) is 9.99. The van der Waals surface area contributed by atoms with Crippen LogP contribution in [-0.2, 0) is 0 Å². The van der Waals surface area contributed by atoms with Crippen LogP contribution in [0.4, 0.5) is 0 Å². The van der Waals surface area contributed by atoms with Crippen LogP contribution in [0.15, 0.2) is 11.6 Å². The van der Waals surface area contributed by atoms with Crippen LogP contribution in [0, 0.1) is 5.92 Å². The van der Waals surface area contributed by atoms with Crippen LogP contribution in [0.25, 0.3) is 0 Å². The van der Waals surface area contributed by atoms with Crippen molar-refractivity contribution in [3.63, 3.8) is 0 Å². The number of allylic oxidation sites excluding steroid dienone is 2. The zero-order valence-electron chi connectivity index (χ0n) is 11.1. The van der Waals surface area contributed by atoms with Crippen molar-refractivity contribution in [1.29, 1.82) is 0 Å². The van der Waals surface area contributed by atoms with E-state index in [4.69, 9.17) is 0 Å². The van der Waals surface area contributed by atoms with Gasteiger partial charge in [0.05, 0.1) is 5.60 Å². The van der Waals surface area contributed by atoms with Crippen LogP contribution in [0.5, 0.6) is 0 Å². The standard InChI is InChI=1S/C14H28O/c1-6-12(2)9-10-13(3)8-7-11-14(4,5)15/h10,12,15H,6-9,11H2,1-5H3/b13-10+. The summed E-state index contributed by atoms with van der Waals surface area (Å²) in [4.78, 5) is 0. The van der Waals surface area contributed by atoms with Crippen LogP contribution < -0.4 is 0 Å². The molecular formula is C14H28O. The van der Waals surface area contributed by atoms with Gasteiger partial charge in [-0.3, -0.25) is 0 Å². The second kappa shape index (κ2) is 7.05. The van der Waals surface area contributed by atoms with Gasteiger partial charge in [0, 0.05) is 0 Å². The molecule has 0 heterocycles. The fourth-order valence-corrected chi connectivity index (χ4v) is 1.47. The Labute approximate surface area is 95.6 Å². The zero-order valence-corrected chi connectivity index (χ0v) is 11.1. The monoisotopic (exact) mass is 212 g/mol. The number of aliphatic hydroxyl groups is 1. The van der Waals surface area contributed by atoms with Gasteiger partial charge in [0.15, 0.2) is 0 Å². The van der Waals surface area contributed by atoms with Gasteiger partial charge in [0.25, 0.3) is 0 Å². The molecule has 0 aromatic heterocycles. The summed E-state index contributed by atoms with van der Waals surface area (Å²) in [5.74, 6) is 0.800. The van der Waals surface area contributed by atoms with E-state index in [0.29, 0.717) is 0 Å². The van der Waals surface area contributed by atoms with Crippen molar-refractivity contribution in [1.82, 2.24) is 0 Å². The van der Waals surface area contributed by atoms with Gasteiger partial charge in [-0.25, -0.2) is 0 Å². The molecule has 0 aliphatic rings. The molecule has 15 heavy (non-hydrogen) atoms. The van der Waals surface area contributed by atoms with Gasteiger partial charge in [-0.2, -0.15) is 0 Å². The van der Waals surface area contributed by atoms with E-state index < -0.39 is 5.60 Å². The maximum atomic E-state index is 9.57. The van der Waals surface area contributed by atoms with E-state index in [1.807, 2.05) is 13.8 Å². The number of rotatable bonds is 7. The van der Waals surface area contributed by atoms with Crippen LogP contribution in [-0.4, -0.2) is 10.7 Å². The van der Waals surface area contributed by atoms with E-state index in [1.54, 1.807) is 0 Å². The van der Waals surface area contributed by atoms with Crippen LogP contribution in [0.3, 0.4) is 0 Å². The van der Waals surface area contributed by atoms with Gasteiger partial charge < -0.3 is 5.11 Å². The normalized spacial score (nSPS) is 15.5. The molecule has 1 N–H and O–H groups in total. The van der Waals surface area contributed by atoms with Crippen molar-refractivity contribution >= 4 is 0 Å². The average molecular weight is 212 g/mol. The molecule has 0 aliphatic heterocycles. The summed E-state index contributed by atoms with van der Waals surface area (Å²) in [6.07, 6.45) is 7.92. The Balaban J connectivity index is 3.69. The summed E-state index contributed by atoms with van der Waals surface area (Å²) < 4.78 is 0. The molecule has 0 amide bonds. The van der Waals surface area contributed by atoms with Gasteiger partial charge in [0.2, 0.25) is 0 Å². The van der Waals surface area contributed by atoms with E-state index in [1.165, 1.54) is 18.4 Å². The average Bonchev–Trinajstić information content (AvgIpc) is 2.12. The molecule has 0 bridgehead atoms. The van der Waals surface area contributed by atoms with E-state index in [0.717, 1.165) is 25.2 Å². The SMILES string of the molecule is CCC(C)C/C=C(\C)CCCC(C)(C)O. The Hall–Kier alpha value is -0.300. The first-order chi connectivity index (χ1) is 6.85. The molecule has 0 fully saturated rings. The van der Waals surface area contributed by atoms with Crippen molar-refractivity contribution in [2.24, 2.45) is 5.92 Å². The molecule has 90 valence electrons. The molecule has 0 aromatic rings. The Morgan fingerprint density at radius 1 is 1.40 bits per heavy atom.